The van der Waals surface area contributed by atoms with Crippen LogP contribution in [0.15, 0.2) is 59.6 Å². The minimum absolute atomic E-state index is 0.126. The monoisotopic (exact) mass is 423 g/mol. The van der Waals surface area contributed by atoms with E-state index in [0.717, 1.165) is 11.1 Å². The van der Waals surface area contributed by atoms with Gasteiger partial charge in [-0.05, 0) is 43.7 Å². The van der Waals surface area contributed by atoms with Crippen LogP contribution in [0.4, 0.5) is 5.69 Å². The number of carbonyl (C=O) groups is 1. The molecule has 0 aliphatic heterocycles. The molecule has 0 radical (unpaired) electrons. The van der Waals surface area contributed by atoms with Gasteiger partial charge in [0.15, 0.2) is 11.5 Å². The molecule has 0 aliphatic carbocycles. The molecule has 0 atom stereocenters. The maximum Gasteiger partial charge on any atom is 0.234 e. The molecule has 6 nitrogen and oxygen atoms in total. The van der Waals surface area contributed by atoms with Crippen LogP contribution >= 0.6 is 23.4 Å². The largest absolute Gasteiger partial charge is 0.325 e. The van der Waals surface area contributed by atoms with Gasteiger partial charge in [-0.15, -0.1) is 10.2 Å². The first kappa shape index (κ1) is 19.4. The van der Waals surface area contributed by atoms with Crippen LogP contribution in [-0.4, -0.2) is 31.5 Å². The molecule has 0 aliphatic rings. The Hall–Kier alpha value is -2.90. The summed E-state index contributed by atoms with van der Waals surface area (Å²) in [6.45, 7) is 3.95. The van der Waals surface area contributed by atoms with Gasteiger partial charge in [0, 0.05) is 16.3 Å². The van der Waals surface area contributed by atoms with Crippen molar-refractivity contribution >= 4 is 40.6 Å². The van der Waals surface area contributed by atoms with Crippen LogP contribution in [0, 0.1) is 13.8 Å². The van der Waals surface area contributed by atoms with Crippen molar-refractivity contribution in [2.24, 2.45) is 0 Å². The van der Waals surface area contributed by atoms with Crippen molar-refractivity contribution in [1.29, 1.82) is 0 Å². The zero-order valence-electron chi connectivity index (χ0n) is 15.9. The normalized spacial score (nSPS) is 11.0. The highest BCUT2D eigenvalue weighted by atomic mass is 35.5. The van der Waals surface area contributed by atoms with Gasteiger partial charge in [-0.3, -0.25) is 4.79 Å². The highest BCUT2D eigenvalue weighted by Gasteiger charge is 2.11. The Balaban J connectivity index is 1.48. The van der Waals surface area contributed by atoms with E-state index in [9.17, 15) is 4.79 Å². The van der Waals surface area contributed by atoms with Gasteiger partial charge in [0.2, 0.25) is 5.91 Å². The predicted octanol–water partition coefficient (Wildman–Crippen LogP) is 4.79. The van der Waals surface area contributed by atoms with Crippen molar-refractivity contribution in [1.82, 2.24) is 19.8 Å². The van der Waals surface area contributed by atoms with Crippen LogP contribution < -0.4 is 5.32 Å². The third-order valence-corrected chi connectivity index (χ3v) is 5.68. The first-order chi connectivity index (χ1) is 14.0. The minimum Gasteiger partial charge on any atom is -0.325 e. The number of hydrogen-bond donors (Lipinski definition) is 1. The van der Waals surface area contributed by atoms with Crippen molar-refractivity contribution in [3.05, 3.63) is 70.7 Å². The van der Waals surface area contributed by atoms with Gasteiger partial charge >= 0.3 is 0 Å². The van der Waals surface area contributed by atoms with Crippen LogP contribution in [0.1, 0.15) is 11.1 Å². The zero-order valence-corrected chi connectivity index (χ0v) is 17.5. The second-order valence-corrected chi connectivity index (χ2v) is 8.03. The summed E-state index contributed by atoms with van der Waals surface area (Å²) in [5, 5.41) is 17.2. The van der Waals surface area contributed by atoms with E-state index in [1.807, 2.05) is 62.4 Å². The van der Waals surface area contributed by atoms with Crippen LogP contribution in [0.5, 0.6) is 0 Å². The molecule has 29 heavy (non-hydrogen) atoms. The lowest BCUT2D eigenvalue weighted by Gasteiger charge is -2.07. The second kappa shape index (κ2) is 8.23. The molecule has 0 spiro atoms. The molecule has 1 amide bonds. The molecule has 1 N–H and O–H groups in total. The molecular weight excluding hydrogens is 406 g/mol. The summed E-state index contributed by atoms with van der Waals surface area (Å²) in [6, 6.07) is 17.2. The van der Waals surface area contributed by atoms with Crippen molar-refractivity contribution in [2.45, 2.75) is 18.9 Å². The van der Waals surface area contributed by atoms with Gasteiger partial charge in [0.25, 0.3) is 0 Å². The van der Waals surface area contributed by atoms with Gasteiger partial charge in [0.1, 0.15) is 5.03 Å². The van der Waals surface area contributed by atoms with Gasteiger partial charge in [-0.2, -0.15) is 9.61 Å². The van der Waals surface area contributed by atoms with Crippen LogP contribution in [0.25, 0.3) is 17.0 Å². The number of benzene rings is 2. The molecule has 2 aromatic heterocycles. The first-order valence-electron chi connectivity index (χ1n) is 8.98. The number of aromatic nitrogens is 4. The standard InChI is InChI=1S/C21H18ClN5OS/c1-13-3-6-15(7-4-13)21-25-24-18-9-10-20(26-27(18)21)29-12-19(28)23-16-8-5-14(2)17(22)11-16/h3-11H,12H2,1-2H3,(H,23,28). The number of halogens is 1. The Morgan fingerprint density at radius 1 is 1.07 bits per heavy atom. The summed E-state index contributed by atoms with van der Waals surface area (Å²) >= 11 is 7.45. The van der Waals surface area contributed by atoms with Crippen molar-refractivity contribution in [3.8, 4) is 11.4 Å². The Morgan fingerprint density at radius 2 is 1.86 bits per heavy atom. The number of nitrogens with one attached hydrogen (secondary N) is 1. The lowest BCUT2D eigenvalue weighted by molar-refractivity contribution is -0.113. The fraction of sp³-hybridized carbons (Fsp3) is 0.143. The number of amides is 1. The summed E-state index contributed by atoms with van der Waals surface area (Å²) in [5.74, 6) is 0.770. The Labute approximate surface area is 177 Å². The third-order valence-electron chi connectivity index (χ3n) is 4.35. The van der Waals surface area contributed by atoms with E-state index in [2.05, 4.69) is 20.6 Å². The fourth-order valence-corrected chi connectivity index (χ4v) is 3.57. The maximum absolute atomic E-state index is 12.3. The van der Waals surface area contributed by atoms with Crippen molar-refractivity contribution < 1.29 is 4.79 Å². The molecular formula is C21H18ClN5OS. The SMILES string of the molecule is Cc1ccc(-c2nnc3ccc(SCC(=O)Nc4ccc(C)c(Cl)c4)nn23)cc1. The maximum atomic E-state index is 12.3. The van der Waals surface area contributed by atoms with Crippen molar-refractivity contribution in [2.75, 3.05) is 11.1 Å². The lowest BCUT2D eigenvalue weighted by atomic mass is 10.1. The van der Waals surface area contributed by atoms with Crippen LogP contribution in [0.3, 0.4) is 0 Å². The van der Waals surface area contributed by atoms with Crippen molar-refractivity contribution in [3.63, 3.8) is 0 Å². The van der Waals surface area contributed by atoms with E-state index >= 15 is 0 Å². The summed E-state index contributed by atoms with van der Waals surface area (Å²) in [4.78, 5) is 12.3. The van der Waals surface area contributed by atoms with Gasteiger partial charge in [-0.1, -0.05) is 59.3 Å². The van der Waals surface area contributed by atoms with Crippen LogP contribution in [0.2, 0.25) is 5.02 Å². The van der Waals surface area contributed by atoms with E-state index in [1.54, 1.807) is 10.6 Å². The molecule has 146 valence electrons. The molecule has 0 saturated heterocycles. The second-order valence-electron chi connectivity index (χ2n) is 6.63. The Bertz CT molecular complexity index is 1190. The van der Waals surface area contributed by atoms with E-state index in [0.29, 0.717) is 27.2 Å². The van der Waals surface area contributed by atoms with E-state index < -0.39 is 0 Å². The number of nitrogens with zero attached hydrogens (tertiary/aromatic N) is 4. The molecule has 8 heteroatoms. The number of carbonyl (C=O) groups excluding carboxylic acids is 1. The number of anilines is 1. The van der Waals surface area contributed by atoms with E-state index in [4.69, 9.17) is 11.6 Å². The Morgan fingerprint density at radius 3 is 2.62 bits per heavy atom. The fourth-order valence-electron chi connectivity index (χ4n) is 2.74. The quantitative estimate of drug-likeness (QED) is 0.467. The zero-order chi connectivity index (χ0) is 20.4. The van der Waals surface area contributed by atoms with Gasteiger partial charge in [0.05, 0.1) is 5.75 Å². The summed E-state index contributed by atoms with van der Waals surface area (Å²) in [7, 11) is 0. The summed E-state index contributed by atoms with van der Waals surface area (Å²) in [5.41, 5.74) is 4.41. The number of fused-ring (bicyclic) bond motifs is 1. The Kier molecular flexibility index (Phi) is 5.51. The van der Waals surface area contributed by atoms with Gasteiger partial charge in [-0.25, -0.2) is 0 Å². The molecule has 0 saturated carbocycles. The smallest absolute Gasteiger partial charge is 0.234 e. The molecule has 4 rings (SSSR count). The summed E-state index contributed by atoms with van der Waals surface area (Å²) in [6.07, 6.45) is 0. The molecule has 0 bridgehead atoms. The number of hydrogen-bond acceptors (Lipinski definition) is 5. The highest BCUT2D eigenvalue weighted by molar-refractivity contribution is 7.99. The minimum atomic E-state index is -0.126. The molecule has 0 unspecified atom stereocenters. The van der Waals surface area contributed by atoms with Crippen LogP contribution in [-0.2, 0) is 4.79 Å². The predicted molar refractivity (Wildman–Crippen MR) is 116 cm³/mol. The lowest BCUT2D eigenvalue weighted by Crippen LogP contribution is -2.14. The topological polar surface area (TPSA) is 72.2 Å². The van der Waals surface area contributed by atoms with Gasteiger partial charge < -0.3 is 5.32 Å². The molecule has 4 aromatic rings. The third kappa shape index (κ3) is 4.41. The molecule has 2 heterocycles. The average Bonchev–Trinajstić information content (AvgIpc) is 3.13. The summed E-state index contributed by atoms with van der Waals surface area (Å²) < 4.78 is 1.70. The van der Waals surface area contributed by atoms with E-state index in [-0.39, 0.29) is 11.7 Å². The first-order valence-corrected chi connectivity index (χ1v) is 10.3. The highest BCUT2D eigenvalue weighted by Crippen LogP contribution is 2.22. The molecule has 0 fully saturated rings. The van der Waals surface area contributed by atoms with E-state index in [1.165, 1.54) is 17.3 Å². The molecule has 2 aromatic carbocycles. The number of rotatable bonds is 5. The number of thioether (sulfide) groups is 1. The number of aryl methyl sites for hydroxylation is 2. The average molecular weight is 424 g/mol.